The van der Waals surface area contributed by atoms with Crippen LogP contribution in [-0.4, -0.2) is 9.97 Å². The Morgan fingerprint density at radius 3 is 2.71 bits per heavy atom. The van der Waals surface area contributed by atoms with Gasteiger partial charge in [0, 0.05) is 10.0 Å². The lowest BCUT2D eigenvalue weighted by Gasteiger charge is -2.05. The Bertz CT molecular complexity index is 780. The number of imidazole rings is 1. The third-order valence-corrected chi connectivity index (χ3v) is 4.08. The number of aromatic amines is 1. The molecule has 0 aliphatic heterocycles. The first kappa shape index (κ1) is 14.2. The summed E-state index contributed by atoms with van der Waals surface area (Å²) in [5.41, 5.74) is 9.93. The number of hydrogen-bond donors (Lipinski definition) is 2. The van der Waals surface area contributed by atoms with Gasteiger partial charge in [-0.2, -0.15) is 0 Å². The first-order valence-electron chi connectivity index (χ1n) is 6.80. The lowest BCUT2D eigenvalue weighted by molar-refractivity contribution is 0.821. The maximum atomic E-state index is 6.18. The van der Waals surface area contributed by atoms with Crippen molar-refractivity contribution < 1.29 is 0 Å². The molecule has 1 aromatic heterocycles. The smallest absolute Gasteiger partial charge is 0.198 e. The summed E-state index contributed by atoms with van der Waals surface area (Å²) in [6.45, 7) is 0. The van der Waals surface area contributed by atoms with Gasteiger partial charge in [-0.25, -0.2) is 4.98 Å². The molecule has 1 heterocycles. The number of fused-ring (bicyclic) bond motifs is 1. The van der Waals surface area contributed by atoms with Crippen molar-refractivity contribution >= 4 is 40.2 Å². The van der Waals surface area contributed by atoms with E-state index in [1.165, 1.54) is 5.56 Å². The van der Waals surface area contributed by atoms with Gasteiger partial charge in [0.2, 0.25) is 0 Å². The molecule has 0 bridgehead atoms. The van der Waals surface area contributed by atoms with Crippen molar-refractivity contribution in [2.45, 2.75) is 19.3 Å². The van der Waals surface area contributed by atoms with Crippen molar-refractivity contribution in [3.63, 3.8) is 0 Å². The standard InChI is InChI=1S/C16H15Cl2N3/c17-12-6-5-11(13(18)9-12)3-1-2-10-4-7-14-15(8-10)21-16(19)20-14/h4-9H,1-3H2,(H3,19,20,21). The third kappa shape index (κ3) is 3.31. The zero-order valence-corrected chi connectivity index (χ0v) is 12.9. The monoisotopic (exact) mass is 319 g/mol. The summed E-state index contributed by atoms with van der Waals surface area (Å²) in [7, 11) is 0. The number of nitrogens with zero attached hydrogens (tertiary/aromatic N) is 1. The molecule has 21 heavy (non-hydrogen) atoms. The van der Waals surface area contributed by atoms with Crippen molar-refractivity contribution in [2.24, 2.45) is 0 Å². The molecule has 0 aliphatic carbocycles. The van der Waals surface area contributed by atoms with Gasteiger partial charge in [0.25, 0.3) is 0 Å². The Labute approximate surface area is 133 Å². The molecule has 3 aromatic rings. The van der Waals surface area contributed by atoms with Crippen molar-refractivity contribution in [1.82, 2.24) is 9.97 Å². The van der Waals surface area contributed by atoms with E-state index in [-0.39, 0.29) is 0 Å². The minimum Gasteiger partial charge on any atom is -0.369 e. The van der Waals surface area contributed by atoms with E-state index in [0.717, 1.165) is 40.9 Å². The molecule has 0 unspecified atom stereocenters. The second-order valence-corrected chi connectivity index (χ2v) is 5.91. The average Bonchev–Trinajstić information content (AvgIpc) is 2.80. The van der Waals surface area contributed by atoms with Crippen molar-refractivity contribution in [1.29, 1.82) is 0 Å². The van der Waals surface area contributed by atoms with E-state index < -0.39 is 0 Å². The summed E-state index contributed by atoms with van der Waals surface area (Å²) in [5, 5.41) is 1.41. The second kappa shape index (κ2) is 5.96. The first-order chi connectivity index (χ1) is 10.1. The highest BCUT2D eigenvalue weighted by atomic mass is 35.5. The van der Waals surface area contributed by atoms with E-state index in [9.17, 15) is 0 Å². The highest BCUT2D eigenvalue weighted by Crippen LogP contribution is 2.23. The number of benzene rings is 2. The third-order valence-electron chi connectivity index (χ3n) is 3.49. The first-order valence-corrected chi connectivity index (χ1v) is 7.55. The number of nitrogens with two attached hydrogens (primary N) is 1. The normalized spacial score (nSPS) is 11.1. The molecule has 3 nitrogen and oxygen atoms in total. The molecule has 0 radical (unpaired) electrons. The van der Waals surface area contributed by atoms with Crippen LogP contribution in [0.2, 0.25) is 10.0 Å². The van der Waals surface area contributed by atoms with Crippen LogP contribution in [0.15, 0.2) is 36.4 Å². The van der Waals surface area contributed by atoms with Gasteiger partial charge >= 0.3 is 0 Å². The lowest BCUT2D eigenvalue weighted by Crippen LogP contribution is -1.91. The molecule has 5 heteroatoms. The van der Waals surface area contributed by atoms with E-state index in [2.05, 4.69) is 22.1 Å². The van der Waals surface area contributed by atoms with Crippen LogP contribution in [0.1, 0.15) is 17.5 Å². The number of anilines is 1. The Balaban J connectivity index is 1.66. The molecule has 0 aliphatic rings. The Hall–Kier alpha value is -1.71. The molecule has 0 amide bonds. The number of nitrogen functional groups attached to an aromatic ring is 1. The maximum absolute atomic E-state index is 6.18. The molecular weight excluding hydrogens is 305 g/mol. The van der Waals surface area contributed by atoms with Crippen LogP contribution < -0.4 is 5.73 Å². The number of nitrogens with one attached hydrogen (secondary N) is 1. The van der Waals surface area contributed by atoms with Crippen molar-refractivity contribution in [2.75, 3.05) is 5.73 Å². The molecular formula is C16H15Cl2N3. The highest BCUT2D eigenvalue weighted by molar-refractivity contribution is 6.35. The fraction of sp³-hybridized carbons (Fsp3) is 0.188. The molecule has 0 saturated carbocycles. The van der Waals surface area contributed by atoms with Crippen LogP contribution in [0.25, 0.3) is 11.0 Å². The van der Waals surface area contributed by atoms with Gasteiger partial charge in [-0.3, -0.25) is 0 Å². The fourth-order valence-corrected chi connectivity index (χ4v) is 2.94. The summed E-state index contributed by atoms with van der Waals surface area (Å²) < 4.78 is 0. The number of aromatic nitrogens is 2. The van der Waals surface area contributed by atoms with E-state index in [0.29, 0.717) is 11.0 Å². The number of halogens is 2. The number of hydrogen-bond acceptors (Lipinski definition) is 2. The van der Waals surface area contributed by atoms with E-state index in [4.69, 9.17) is 28.9 Å². The topological polar surface area (TPSA) is 54.7 Å². The maximum Gasteiger partial charge on any atom is 0.198 e. The SMILES string of the molecule is Nc1nc2ccc(CCCc3ccc(Cl)cc3Cl)cc2[nH]1. The van der Waals surface area contributed by atoms with Gasteiger partial charge in [0.1, 0.15) is 0 Å². The lowest BCUT2D eigenvalue weighted by atomic mass is 10.0. The van der Waals surface area contributed by atoms with Crippen LogP contribution in [0.5, 0.6) is 0 Å². The number of rotatable bonds is 4. The minimum atomic E-state index is 0.454. The second-order valence-electron chi connectivity index (χ2n) is 5.06. The van der Waals surface area contributed by atoms with Crippen LogP contribution >= 0.6 is 23.2 Å². The summed E-state index contributed by atoms with van der Waals surface area (Å²) in [6, 6.07) is 11.8. The predicted molar refractivity (Wildman–Crippen MR) is 89.0 cm³/mol. The van der Waals surface area contributed by atoms with Gasteiger partial charge in [-0.15, -0.1) is 0 Å². The number of aryl methyl sites for hydroxylation is 2. The molecule has 0 fully saturated rings. The summed E-state index contributed by atoms with van der Waals surface area (Å²) in [4.78, 5) is 7.25. The average molecular weight is 320 g/mol. The predicted octanol–water partition coefficient (Wildman–Crippen LogP) is 4.63. The Morgan fingerprint density at radius 1 is 1.05 bits per heavy atom. The number of H-pyrrole nitrogens is 1. The zero-order chi connectivity index (χ0) is 14.8. The van der Waals surface area contributed by atoms with Gasteiger partial charge < -0.3 is 10.7 Å². The quantitative estimate of drug-likeness (QED) is 0.736. The van der Waals surface area contributed by atoms with E-state index >= 15 is 0 Å². The van der Waals surface area contributed by atoms with Crippen LogP contribution in [0.3, 0.4) is 0 Å². The molecule has 108 valence electrons. The zero-order valence-electron chi connectivity index (χ0n) is 11.4. The van der Waals surface area contributed by atoms with Crippen molar-refractivity contribution in [3.8, 4) is 0 Å². The van der Waals surface area contributed by atoms with Gasteiger partial charge in [-0.05, 0) is 54.7 Å². The molecule has 3 rings (SSSR count). The van der Waals surface area contributed by atoms with Crippen molar-refractivity contribution in [3.05, 3.63) is 57.6 Å². The minimum absolute atomic E-state index is 0.454. The summed E-state index contributed by atoms with van der Waals surface area (Å²) in [6.07, 6.45) is 2.93. The summed E-state index contributed by atoms with van der Waals surface area (Å²) >= 11 is 12.1. The molecule has 0 atom stereocenters. The molecule has 2 aromatic carbocycles. The molecule has 3 N–H and O–H groups in total. The molecule has 0 saturated heterocycles. The van der Waals surface area contributed by atoms with Crippen LogP contribution in [-0.2, 0) is 12.8 Å². The van der Waals surface area contributed by atoms with E-state index in [1.807, 2.05) is 18.2 Å². The molecule has 0 spiro atoms. The van der Waals surface area contributed by atoms with Gasteiger partial charge in [0.05, 0.1) is 11.0 Å². The Morgan fingerprint density at radius 2 is 1.90 bits per heavy atom. The van der Waals surface area contributed by atoms with Gasteiger partial charge in [0.15, 0.2) is 5.95 Å². The van der Waals surface area contributed by atoms with Crippen LogP contribution in [0.4, 0.5) is 5.95 Å². The van der Waals surface area contributed by atoms with E-state index in [1.54, 1.807) is 6.07 Å². The van der Waals surface area contributed by atoms with Crippen LogP contribution in [0, 0.1) is 0 Å². The highest BCUT2D eigenvalue weighted by Gasteiger charge is 2.04. The Kier molecular flexibility index (Phi) is 4.04. The summed E-state index contributed by atoms with van der Waals surface area (Å²) in [5.74, 6) is 0.454. The largest absolute Gasteiger partial charge is 0.369 e. The fourth-order valence-electron chi connectivity index (χ4n) is 2.44. The van der Waals surface area contributed by atoms with Gasteiger partial charge in [-0.1, -0.05) is 35.3 Å².